The van der Waals surface area contributed by atoms with Gasteiger partial charge in [-0.25, -0.2) is 0 Å². The Morgan fingerprint density at radius 3 is 2.30 bits per heavy atom. The lowest BCUT2D eigenvalue weighted by Crippen LogP contribution is -2.40. The molecular formula is C16H26N2O2. The van der Waals surface area contributed by atoms with Crippen molar-refractivity contribution < 1.29 is 9.53 Å². The fraction of sp³-hybridized carbons (Fsp3) is 0.562. The maximum atomic E-state index is 12.0. The van der Waals surface area contributed by atoms with E-state index >= 15 is 0 Å². The van der Waals surface area contributed by atoms with Gasteiger partial charge < -0.3 is 15.8 Å². The van der Waals surface area contributed by atoms with E-state index in [1.165, 1.54) is 0 Å². The minimum absolute atomic E-state index is 0.144. The number of anilines is 1. The topological polar surface area (TPSA) is 64.3 Å². The predicted molar refractivity (Wildman–Crippen MR) is 82.9 cm³/mol. The minimum atomic E-state index is -0.476. The van der Waals surface area contributed by atoms with Gasteiger partial charge >= 0.3 is 0 Å². The number of nitrogens with one attached hydrogen (secondary N) is 1. The van der Waals surface area contributed by atoms with E-state index in [2.05, 4.69) is 12.2 Å². The van der Waals surface area contributed by atoms with Crippen LogP contribution in [0.3, 0.4) is 0 Å². The Morgan fingerprint density at radius 2 is 1.80 bits per heavy atom. The van der Waals surface area contributed by atoms with E-state index in [4.69, 9.17) is 10.5 Å². The van der Waals surface area contributed by atoms with Crippen LogP contribution < -0.4 is 15.8 Å². The minimum Gasteiger partial charge on any atom is -0.491 e. The lowest BCUT2D eigenvalue weighted by atomic mass is 9.99. The summed E-state index contributed by atoms with van der Waals surface area (Å²) in [5.74, 6) is 0.835. The van der Waals surface area contributed by atoms with E-state index in [-0.39, 0.29) is 17.9 Å². The van der Waals surface area contributed by atoms with Crippen LogP contribution in [0.25, 0.3) is 0 Å². The summed E-state index contributed by atoms with van der Waals surface area (Å²) in [4.78, 5) is 12.0. The summed E-state index contributed by atoms with van der Waals surface area (Å²) >= 11 is 0. The molecule has 0 radical (unpaired) electrons. The second-order valence-corrected chi connectivity index (χ2v) is 5.26. The van der Waals surface area contributed by atoms with Crippen LogP contribution in [0.2, 0.25) is 0 Å². The molecule has 3 unspecified atom stereocenters. The highest BCUT2D eigenvalue weighted by Gasteiger charge is 2.19. The van der Waals surface area contributed by atoms with E-state index in [1.807, 2.05) is 45.0 Å². The first-order valence-electron chi connectivity index (χ1n) is 7.31. The average Bonchev–Trinajstić information content (AvgIpc) is 2.47. The number of hydrogen-bond donors (Lipinski definition) is 2. The molecule has 3 N–H and O–H groups in total. The fourth-order valence-corrected chi connectivity index (χ4v) is 1.67. The Hall–Kier alpha value is -1.55. The van der Waals surface area contributed by atoms with Crippen LogP contribution in [-0.2, 0) is 4.79 Å². The molecule has 1 aromatic rings. The Kier molecular flexibility index (Phi) is 6.52. The molecule has 1 rings (SSSR count). The van der Waals surface area contributed by atoms with Crippen molar-refractivity contribution in [3.8, 4) is 5.75 Å². The molecule has 20 heavy (non-hydrogen) atoms. The van der Waals surface area contributed by atoms with Crippen LogP contribution >= 0.6 is 0 Å². The lowest BCUT2D eigenvalue weighted by molar-refractivity contribution is -0.118. The molecule has 0 saturated carbocycles. The zero-order valence-corrected chi connectivity index (χ0v) is 12.8. The SMILES string of the molecule is CCC(C)Oc1ccc(NC(=O)C(N)C(C)CC)cc1. The Bertz CT molecular complexity index is 417. The molecule has 0 aromatic heterocycles. The van der Waals surface area contributed by atoms with Gasteiger partial charge in [0.15, 0.2) is 0 Å². The van der Waals surface area contributed by atoms with Gasteiger partial charge in [-0.05, 0) is 43.5 Å². The van der Waals surface area contributed by atoms with Gasteiger partial charge in [0.2, 0.25) is 5.91 Å². The summed E-state index contributed by atoms with van der Waals surface area (Å²) in [6, 6.07) is 6.90. The van der Waals surface area contributed by atoms with Gasteiger partial charge in [-0.1, -0.05) is 27.2 Å². The molecule has 0 fully saturated rings. The van der Waals surface area contributed by atoms with Gasteiger partial charge in [0.05, 0.1) is 12.1 Å². The monoisotopic (exact) mass is 278 g/mol. The third-order valence-corrected chi connectivity index (χ3v) is 3.59. The van der Waals surface area contributed by atoms with Crippen molar-refractivity contribution in [2.75, 3.05) is 5.32 Å². The number of ether oxygens (including phenoxy) is 1. The van der Waals surface area contributed by atoms with E-state index in [0.717, 1.165) is 24.3 Å². The van der Waals surface area contributed by atoms with Crippen LogP contribution in [0, 0.1) is 5.92 Å². The molecule has 0 heterocycles. The zero-order chi connectivity index (χ0) is 15.1. The molecule has 1 aromatic carbocycles. The second kappa shape index (κ2) is 7.90. The third-order valence-electron chi connectivity index (χ3n) is 3.59. The van der Waals surface area contributed by atoms with Crippen LogP contribution in [0.5, 0.6) is 5.75 Å². The average molecular weight is 278 g/mol. The van der Waals surface area contributed by atoms with Crippen LogP contribution in [0.4, 0.5) is 5.69 Å². The Morgan fingerprint density at radius 1 is 1.20 bits per heavy atom. The molecule has 0 aliphatic carbocycles. The molecule has 0 aliphatic rings. The lowest BCUT2D eigenvalue weighted by Gasteiger charge is -2.18. The first kappa shape index (κ1) is 16.5. The number of nitrogens with two attached hydrogens (primary N) is 1. The number of carbonyl (C=O) groups excluding carboxylic acids is 1. The first-order chi connectivity index (χ1) is 9.47. The summed E-state index contributed by atoms with van der Waals surface area (Å²) in [5, 5.41) is 2.83. The molecule has 0 spiro atoms. The van der Waals surface area contributed by atoms with E-state index in [1.54, 1.807) is 0 Å². The summed E-state index contributed by atoms with van der Waals surface area (Å²) in [6.07, 6.45) is 2.03. The van der Waals surface area contributed by atoms with Crippen LogP contribution in [0.15, 0.2) is 24.3 Å². The molecule has 4 heteroatoms. The molecule has 3 atom stereocenters. The molecule has 0 aliphatic heterocycles. The summed E-state index contributed by atoms with van der Waals surface area (Å²) in [5.41, 5.74) is 6.64. The van der Waals surface area contributed by atoms with Gasteiger partial charge in [0.1, 0.15) is 5.75 Å². The highest BCUT2D eigenvalue weighted by atomic mass is 16.5. The smallest absolute Gasteiger partial charge is 0.241 e. The van der Waals surface area contributed by atoms with E-state index in [0.29, 0.717) is 0 Å². The number of hydrogen-bond acceptors (Lipinski definition) is 3. The van der Waals surface area contributed by atoms with E-state index in [9.17, 15) is 4.79 Å². The molecular weight excluding hydrogens is 252 g/mol. The summed E-state index contributed by atoms with van der Waals surface area (Å²) < 4.78 is 5.69. The van der Waals surface area contributed by atoms with Gasteiger partial charge in [-0.2, -0.15) is 0 Å². The van der Waals surface area contributed by atoms with Crippen molar-refractivity contribution in [3.05, 3.63) is 24.3 Å². The quantitative estimate of drug-likeness (QED) is 0.805. The van der Waals surface area contributed by atoms with Gasteiger partial charge in [0, 0.05) is 5.69 Å². The van der Waals surface area contributed by atoms with Gasteiger partial charge in [-0.15, -0.1) is 0 Å². The predicted octanol–water partition coefficient (Wildman–Crippen LogP) is 3.18. The van der Waals surface area contributed by atoms with Gasteiger partial charge in [-0.3, -0.25) is 4.79 Å². The maximum Gasteiger partial charge on any atom is 0.241 e. The standard InChI is InChI=1S/C16H26N2O2/c1-5-11(3)15(17)16(19)18-13-7-9-14(10-8-13)20-12(4)6-2/h7-12,15H,5-6,17H2,1-4H3,(H,18,19). The normalized spacial score (nSPS) is 15.2. The molecule has 0 saturated heterocycles. The number of carbonyl (C=O) groups is 1. The fourth-order valence-electron chi connectivity index (χ4n) is 1.67. The first-order valence-corrected chi connectivity index (χ1v) is 7.31. The zero-order valence-electron chi connectivity index (χ0n) is 12.8. The third kappa shape index (κ3) is 4.85. The number of rotatable bonds is 7. The number of amides is 1. The molecule has 112 valence electrons. The van der Waals surface area contributed by atoms with Crippen molar-refractivity contribution in [2.45, 2.75) is 52.7 Å². The van der Waals surface area contributed by atoms with E-state index < -0.39 is 6.04 Å². The Balaban J connectivity index is 2.59. The van der Waals surface area contributed by atoms with Crippen molar-refractivity contribution in [2.24, 2.45) is 11.7 Å². The highest BCUT2D eigenvalue weighted by molar-refractivity contribution is 5.94. The van der Waals surface area contributed by atoms with Crippen LogP contribution in [0.1, 0.15) is 40.5 Å². The van der Waals surface area contributed by atoms with Gasteiger partial charge in [0.25, 0.3) is 0 Å². The summed E-state index contributed by atoms with van der Waals surface area (Å²) in [7, 11) is 0. The van der Waals surface area contributed by atoms with Crippen molar-refractivity contribution in [1.82, 2.24) is 0 Å². The highest BCUT2D eigenvalue weighted by Crippen LogP contribution is 2.18. The maximum absolute atomic E-state index is 12.0. The number of benzene rings is 1. The van der Waals surface area contributed by atoms with Crippen molar-refractivity contribution >= 4 is 11.6 Å². The largest absolute Gasteiger partial charge is 0.491 e. The molecule has 4 nitrogen and oxygen atoms in total. The second-order valence-electron chi connectivity index (χ2n) is 5.26. The Labute approximate surface area is 121 Å². The van der Waals surface area contributed by atoms with Crippen LogP contribution in [-0.4, -0.2) is 18.1 Å². The summed E-state index contributed by atoms with van der Waals surface area (Å²) in [6.45, 7) is 8.11. The van der Waals surface area contributed by atoms with Crippen molar-refractivity contribution in [1.29, 1.82) is 0 Å². The molecule has 0 bridgehead atoms. The molecule has 1 amide bonds. The van der Waals surface area contributed by atoms with Crippen molar-refractivity contribution in [3.63, 3.8) is 0 Å².